The van der Waals surface area contributed by atoms with Crippen LogP contribution in [-0.4, -0.2) is 44.0 Å². The number of carboxylic acids is 1. The second-order valence-corrected chi connectivity index (χ2v) is 5.76. The van der Waals surface area contributed by atoms with Crippen LogP contribution in [0.5, 0.6) is 0 Å². The van der Waals surface area contributed by atoms with Gasteiger partial charge in [-0.05, 0) is 18.9 Å². The topological polar surface area (TPSA) is 104 Å². The fraction of sp³-hybridized carbons (Fsp3) is 0.353. The van der Waals surface area contributed by atoms with Crippen LogP contribution in [0.1, 0.15) is 35.5 Å². The molecule has 0 saturated carbocycles. The molecule has 128 valence electrons. The number of aliphatic carboxylic acids is 1. The van der Waals surface area contributed by atoms with E-state index in [2.05, 4.69) is 10.4 Å². The van der Waals surface area contributed by atoms with Crippen molar-refractivity contribution in [3.63, 3.8) is 0 Å². The Morgan fingerprint density at radius 2 is 1.96 bits per heavy atom. The molecule has 1 heterocycles. The molecule has 0 radical (unpaired) electrons. The smallest absolute Gasteiger partial charge is 0.337 e. The summed E-state index contributed by atoms with van der Waals surface area (Å²) in [6.45, 7) is 3.22. The van der Waals surface area contributed by atoms with Gasteiger partial charge in [0, 0.05) is 0 Å². The van der Waals surface area contributed by atoms with E-state index in [0.29, 0.717) is 18.5 Å². The highest BCUT2D eigenvalue weighted by Crippen LogP contribution is 2.13. The zero-order valence-electron chi connectivity index (χ0n) is 13.7. The summed E-state index contributed by atoms with van der Waals surface area (Å²) in [6.07, 6.45) is 2.07. The lowest BCUT2D eigenvalue weighted by Gasteiger charge is -2.18. The third-order valence-electron chi connectivity index (χ3n) is 3.76. The lowest BCUT2D eigenvalue weighted by molar-refractivity contribution is -0.155. The fourth-order valence-corrected chi connectivity index (χ4v) is 2.29. The molecule has 1 aromatic carbocycles. The predicted octanol–water partition coefficient (Wildman–Crippen LogP) is 1.06. The molecule has 1 atom stereocenters. The maximum Gasteiger partial charge on any atom is 0.337 e. The summed E-state index contributed by atoms with van der Waals surface area (Å²) in [5, 5.41) is 25.3. The van der Waals surface area contributed by atoms with Crippen LogP contribution in [-0.2, 0) is 17.8 Å². The lowest BCUT2D eigenvalue weighted by atomic mass is 10.1. The molecule has 0 bridgehead atoms. The predicted molar refractivity (Wildman–Crippen MR) is 87.7 cm³/mol. The number of carbonyl (C=O) groups is 2. The molecular formula is C17H21N3O4. The van der Waals surface area contributed by atoms with E-state index in [9.17, 15) is 14.7 Å². The average molecular weight is 331 g/mol. The third-order valence-corrected chi connectivity index (χ3v) is 3.76. The minimum Gasteiger partial charge on any atom is -0.479 e. The number of amides is 1. The Morgan fingerprint density at radius 3 is 2.54 bits per heavy atom. The van der Waals surface area contributed by atoms with Gasteiger partial charge in [-0.25, -0.2) is 4.79 Å². The van der Waals surface area contributed by atoms with E-state index in [1.807, 2.05) is 37.3 Å². The molecule has 3 N–H and O–H groups in total. The molecule has 0 saturated heterocycles. The number of carbonyl (C=O) groups excluding carboxylic acids is 1. The summed E-state index contributed by atoms with van der Waals surface area (Å²) < 4.78 is 1.75. The highest BCUT2D eigenvalue weighted by molar-refractivity contribution is 5.95. The molecule has 1 amide bonds. The Kier molecular flexibility index (Phi) is 5.35. The van der Waals surface area contributed by atoms with Crippen molar-refractivity contribution in [2.45, 2.75) is 32.4 Å². The van der Waals surface area contributed by atoms with Crippen LogP contribution < -0.4 is 5.32 Å². The molecule has 2 rings (SSSR count). The molecule has 0 aliphatic rings. The number of hydrogen-bond acceptors (Lipinski definition) is 4. The number of aromatic nitrogens is 2. The number of nitrogens with one attached hydrogen (secondary N) is 1. The van der Waals surface area contributed by atoms with Gasteiger partial charge < -0.3 is 15.5 Å². The van der Waals surface area contributed by atoms with Gasteiger partial charge in [0.05, 0.1) is 30.5 Å². The Hall–Kier alpha value is -2.67. The zero-order valence-corrected chi connectivity index (χ0v) is 13.7. The fourth-order valence-electron chi connectivity index (χ4n) is 2.29. The summed E-state index contributed by atoms with van der Waals surface area (Å²) >= 11 is 0. The quantitative estimate of drug-likeness (QED) is 0.704. The van der Waals surface area contributed by atoms with Crippen LogP contribution >= 0.6 is 0 Å². The Bertz CT molecular complexity index is 723. The van der Waals surface area contributed by atoms with Gasteiger partial charge in [-0.1, -0.05) is 37.3 Å². The van der Waals surface area contributed by atoms with Crippen molar-refractivity contribution in [2.75, 3.05) is 6.54 Å². The number of aliphatic hydroxyl groups is 1. The van der Waals surface area contributed by atoms with E-state index in [1.54, 1.807) is 4.68 Å². The van der Waals surface area contributed by atoms with Crippen molar-refractivity contribution in [3.05, 3.63) is 53.3 Å². The maximum absolute atomic E-state index is 12.3. The highest BCUT2D eigenvalue weighted by Gasteiger charge is 2.30. The van der Waals surface area contributed by atoms with Gasteiger partial charge in [-0.15, -0.1) is 0 Å². The van der Waals surface area contributed by atoms with Crippen LogP contribution in [0.15, 0.2) is 36.5 Å². The minimum absolute atomic E-state index is 0.381. The molecule has 2 aromatic rings. The van der Waals surface area contributed by atoms with Crippen molar-refractivity contribution in [3.8, 4) is 0 Å². The van der Waals surface area contributed by atoms with Crippen molar-refractivity contribution in [1.82, 2.24) is 15.1 Å². The largest absolute Gasteiger partial charge is 0.479 e. The summed E-state index contributed by atoms with van der Waals surface area (Å²) in [5.41, 5.74) is 0.194. The Labute approximate surface area is 139 Å². The number of hydrogen-bond donors (Lipinski definition) is 3. The van der Waals surface area contributed by atoms with Crippen LogP contribution in [0.25, 0.3) is 0 Å². The Morgan fingerprint density at radius 1 is 1.29 bits per heavy atom. The summed E-state index contributed by atoms with van der Waals surface area (Å²) in [6, 6.07) is 9.76. The molecule has 0 aliphatic heterocycles. The van der Waals surface area contributed by atoms with Gasteiger partial charge >= 0.3 is 5.97 Å². The van der Waals surface area contributed by atoms with Crippen LogP contribution in [0, 0.1) is 0 Å². The maximum atomic E-state index is 12.3. The second-order valence-electron chi connectivity index (χ2n) is 5.76. The summed E-state index contributed by atoms with van der Waals surface area (Å²) in [4.78, 5) is 23.2. The molecule has 0 aliphatic carbocycles. The SMILES string of the molecule is CCc1c(C(=O)NCC(C)(O)C(=O)O)cnn1Cc1ccccc1. The van der Waals surface area contributed by atoms with Crippen molar-refractivity contribution >= 4 is 11.9 Å². The standard InChI is InChI=1S/C17H21N3O4/c1-3-14-13(15(21)18-11-17(2,24)16(22)23)9-19-20(14)10-12-7-5-4-6-8-12/h4-9,24H,3,10-11H2,1-2H3,(H,18,21)(H,22,23). The lowest BCUT2D eigenvalue weighted by Crippen LogP contribution is -2.46. The van der Waals surface area contributed by atoms with Crippen molar-refractivity contribution < 1.29 is 19.8 Å². The number of nitrogens with zero attached hydrogens (tertiary/aromatic N) is 2. The molecule has 0 spiro atoms. The molecule has 24 heavy (non-hydrogen) atoms. The molecule has 7 nitrogen and oxygen atoms in total. The Balaban J connectivity index is 2.13. The zero-order chi connectivity index (χ0) is 17.7. The third kappa shape index (κ3) is 3.99. The van der Waals surface area contributed by atoms with Crippen LogP contribution in [0.4, 0.5) is 0 Å². The van der Waals surface area contributed by atoms with Crippen molar-refractivity contribution in [2.24, 2.45) is 0 Å². The van der Waals surface area contributed by atoms with E-state index in [-0.39, 0.29) is 6.54 Å². The molecule has 1 unspecified atom stereocenters. The van der Waals surface area contributed by atoms with Gasteiger partial charge in [-0.2, -0.15) is 5.10 Å². The summed E-state index contributed by atoms with van der Waals surface area (Å²) in [7, 11) is 0. The van der Waals surface area contributed by atoms with E-state index in [4.69, 9.17) is 5.11 Å². The number of rotatable bonds is 7. The van der Waals surface area contributed by atoms with E-state index in [0.717, 1.165) is 18.2 Å². The molecule has 7 heteroatoms. The molecular weight excluding hydrogens is 310 g/mol. The first-order valence-corrected chi connectivity index (χ1v) is 7.67. The van der Waals surface area contributed by atoms with Gasteiger partial charge in [0.2, 0.25) is 0 Å². The molecule has 1 aromatic heterocycles. The van der Waals surface area contributed by atoms with Gasteiger partial charge in [0.25, 0.3) is 5.91 Å². The number of benzene rings is 1. The van der Waals surface area contributed by atoms with Gasteiger partial charge in [-0.3, -0.25) is 9.48 Å². The van der Waals surface area contributed by atoms with Crippen molar-refractivity contribution in [1.29, 1.82) is 0 Å². The minimum atomic E-state index is -2.01. The second kappa shape index (κ2) is 7.27. The molecule has 0 fully saturated rings. The monoisotopic (exact) mass is 331 g/mol. The van der Waals surface area contributed by atoms with E-state index < -0.39 is 17.5 Å². The van der Waals surface area contributed by atoms with E-state index >= 15 is 0 Å². The number of carboxylic acid groups (broad SMARTS) is 1. The summed E-state index contributed by atoms with van der Waals surface area (Å²) in [5.74, 6) is -1.84. The first kappa shape index (κ1) is 17.7. The average Bonchev–Trinajstić information content (AvgIpc) is 2.96. The van der Waals surface area contributed by atoms with Gasteiger partial charge in [0.1, 0.15) is 0 Å². The highest BCUT2D eigenvalue weighted by atomic mass is 16.4. The normalized spacial score (nSPS) is 13.3. The first-order chi connectivity index (χ1) is 11.3. The van der Waals surface area contributed by atoms with Crippen LogP contribution in [0.3, 0.4) is 0 Å². The van der Waals surface area contributed by atoms with Gasteiger partial charge in [0.15, 0.2) is 5.60 Å². The van der Waals surface area contributed by atoms with E-state index in [1.165, 1.54) is 6.20 Å². The first-order valence-electron chi connectivity index (χ1n) is 7.67. The van der Waals surface area contributed by atoms with Crippen LogP contribution in [0.2, 0.25) is 0 Å².